The third kappa shape index (κ3) is 4.74. The van der Waals surface area contributed by atoms with Gasteiger partial charge < -0.3 is 5.32 Å². The van der Waals surface area contributed by atoms with E-state index in [2.05, 4.69) is 31.8 Å². The summed E-state index contributed by atoms with van der Waals surface area (Å²) in [6, 6.07) is 3.43. The molecule has 0 aliphatic rings. The van der Waals surface area contributed by atoms with Gasteiger partial charge in [0.2, 0.25) is 5.28 Å². The lowest BCUT2D eigenvalue weighted by atomic mass is 10.3. The average molecular weight is 472 g/mol. The predicted molar refractivity (Wildman–Crippen MR) is 113 cm³/mol. The molecule has 13 heteroatoms. The zero-order chi connectivity index (χ0) is 22.9. The number of rotatable bonds is 6. The van der Waals surface area contributed by atoms with Gasteiger partial charge >= 0.3 is 6.18 Å². The number of hydrogen-bond donors (Lipinski definition) is 2. The summed E-state index contributed by atoms with van der Waals surface area (Å²) in [7, 11) is -0.669. The van der Waals surface area contributed by atoms with Crippen molar-refractivity contribution in [2.45, 2.75) is 31.5 Å². The van der Waals surface area contributed by atoms with Crippen LogP contribution in [0.15, 0.2) is 34.6 Å². The highest BCUT2D eigenvalue weighted by atomic mass is 35.5. The number of fused-ring (bicyclic) bond motifs is 1. The van der Waals surface area contributed by atoms with E-state index in [0.717, 1.165) is 4.90 Å². The van der Waals surface area contributed by atoms with Gasteiger partial charge in [-0.2, -0.15) is 18.2 Å². The molecular formula is C18H17ClF3N7OS. The topological polar surface area (TPSA) is 109 Å². The Morgan fingerprint density at radius 1 is 1.32 bits per heavy atom. The number of allylic oxidation sites excluding steroid dienone is 1. The molecule has 0 aromatic carbocycles. The van der Waals surface area contributed by atoms with E-state index in [1.807, 2.05) is 6.92 Å². The lowest BCUT2D eigenvalue weighted by Crippen LogP contribution is -2.30. The van der Waals surface area contributed by atoms with Crippen molar-refractivity contribution in [3.05, 3.63) is 51.9 Å². The summed E-state index contributed by atoms with van der Waals surface area (Å²) in [5, 5.41) is 2.40. The molecule has 8 nitrogen and oxygen atoms in total. The predicted octanol–water partition coefficient (Wildman–Crippen LogP) is 3.95. The molecule has 3 rings (SSSR count). The fourth-order valence-corrected chi connectivity index (χ4v) is 3.61. The Balaban J connectivity index is 2.05. The second-order valence-corrected chi connectivity index (χ2v) is 8.48. The number of aromatic nitrogens is 5. The SMILES string of the molecule is C=C(n1c(=O)c(NCc2ccc(S(=N)CC)cn2)nc2c(C)nc(Cl)nc21)C(F)(F)F. The highest BCUT2D eigenvalue weighted by Crippen LogP contribution is 2.29. The average Bonchev–Trinajstić information content (AvgIpc) is 2.71. The number of aryl methyl sites for hydroxylation is 1. The van der Waals surface area contributed by atoms with Crippen molar-refractivity contribution in [2.24, 2.45) is 0 Å². The molecule has 0 saturated heterocycles. The van der Waals surface area contributed by atoms with Crippen LogP contribution in [0.25, 0.3) is 16.9 Å². The van der Waals surface area contributed by atoms with Gasteiger partial charge in [-0.15, -0.1) is 0 Å². The van der Waals surface area contributed by atoms with Crippen molar-refractivity contribution in [1.82, 2.24) is 24.5 Å². The lowest BCUT2D eigenvalue weighted by molar-refractivity contribution is -0.0733. The van der Waals surface area contributed by atoms with E-state index in [-0.39, 0.29) is 34.5 Å². The molecule has 0 saturated carbocycles. The maximum atomic E-state index is 13.4. The zero-order valence-corrected chi connectivity index (χ0v) is 18.0. The first-order chi connectivity index (χ1) is 14.5. The van der Waals surface area contributed by atoms with Gasteiger partial charge in [0.1, 0.15) is 11.2 Å². The fraction of sp³-hybridized carbons (Fsp3) is 0.278. The quantitative estimate of drug-likeness (QED) is 0.527. The molecular weight excluding hydrogens is 455 g/mol. The summed E-state index contributed by atoms with van der Waals surface area (Å²) in [6.45, 7) is 6.42. The fourth-order valence-electron chi connectivity index (χ4n) is 2.66. The van der Waals surface area contributed by atoms with Gasteiger partial charge in [-0.25, -0.2) is 9.97 Å². The van der Waals surface area contributed by atoms with E-state index in [9.17, 15) is 18.0 Å². The van der Waals surface area contributed by atoms with Crippen LogP contribution < -0.4 is 10.9 Å². The van der Waals surface area contributed by atoms with Crippen LogP contribution in [0.4, 0.5) is 19.0 Å². The summed E-state index contributed by atoms with van der Waals surface area (Å²) >= 11 is 5.78. The van der Waals surface area contributed by atoms with E-state index in [4.69, 9.17) is 16.4 Å². The molecule has 1 atom stereocenters. The second kappa shape index (κ2) is 8.71. The Morgan fingerprint density at radius 2 is 2.03 bits per heavy atom. The van der Waals surface area contributed by atoms with Crippen molar-refractivity contribution in [1.29, 1.82) is 4.78 Å². The van der Waals surface area contributed by atoms with Gasteiger partial charge in [0.15, 0.2) is 11.5 Å². The number of pyridine rings is 1. The molecule has 2 N–H and O–H groups in total. The van der Waals surface area contributed by atoms with Crippen molar-refractivity contribution in [3.8, 4) is 0 Å². The van der Waals surface area contributed by atoms with Crippen LogP contribution in [0.1, 0.15) is 18.3 Å². The highest BCUT2D eigenvalue weighted by Gasteiger charge is 2.36. The zero-order valence-electron chi connectivity index (χ0n) is 16.4. The van der Waals surface area contributed by atoms with Crippen LogP contribution in [0.5, 0.6) is 0 Å². The molecule has 3 heterocycles. The van der Waals surface area contributed by atoms with Crippen molar-refractivity contribution in [3.63, 3.8) is 0 Å². The van der Waals surface area contributed by atoms with Crippen molar-refractivity contribution < 1.29 is 13.2 Å². The number of alkyl halides is 3. The molecule has 0 aliphatic carbocycles. The minimum atomic E-state index is -4.88. The Labute approximate surface area is 182 Å². The van der Waals surface area contributed by atoms with Gasteiger partial charge in [0.05, 0.1) is 17.9 Å². The summed E-state index contributed by atoms with van der Waals surface area (Å²) in [4.78, 5) is 29.6. The first-order valence-electron chi connectivity index (χ1n) is 8.87. The van der Waals surface area contributed by atoms with Gasteiger partial charge in [0.25, 0.3) is 5.56 Å². The Bertz CT molecular complexity index is 1240. The van der Waals surface area contributed by atoms with Crippen LogP contribution >= 0.6 is 11.6 Å². The third-order valence-electron chi connectivity index (χ3n) is 4.26. The molecule has 0 spiro atoms. The van der Waals surface area contributed by atoms with Crippen LogP contribution in [-0.4, -0.2) is 36.4 Å². The van der Waals surface area contributed by atoms with Gasteiger partial charge in [-0.05, 0) is 30.7 Å². The molecule has 0 amide bonds. The molecule has 31 heavy (non-hydrogen) atoms. The molecule has 3 aromatic heterocycles. The van der Waals surface area contributed by atoms with Crippen molar-refractivity contribution in [2.75, 3.05) is 11.1 Å². The molecule has 0 radical (unpaired) electrons. The largest absolute Gasteiger partial charge is 0.431 e. The molecule has 3 aromatic rings. The smallest absolute Gasteiger partial charge is 0.360 e. The van der Waals surface area contributed by atoms with Gasteiger partial charge in [0, 0.05) is 16.8 Å². The normalized spacial score (nSPS) is 12.7. The number of anilines is 1. The first-order valence-corrected chi connectivity index (χ1v) is 10.6. The number of nitrogens with zero attached hydrogens (tertiary/aromatic N) is 5. The van der Waals surface area contributed by atoms with Crippen LogP contribution in [-0.2, 0) is 17.2 Å². The highest BCUT2D eigenvalue weighted by molar-refractivity contribution is 7.86. The Hall–Kier alpha value is -2.86. The minimum Gasteiger partial charge on any atom is -0.360 e. The minimum absolute atomic E-state index is 0.0257. The van der Waals surface area contributed by atoms with Crippen LogP contribution in [0.3, 0.4) is 0 Å². The maximum Gasteiger partial charge on any atom is 0.431 e. The van der Waals surface area contributed by atoms with Gasteiger partial charge in [-0.3, -0.25) is 19.1 Å². The molecule has 0 fully saturated rings. The molecule has 1 unspecified atom stereocenters. The standard InChI is InChI=1S/C18H17ClF3N7OS/c1-4-31(23)12-6-5-11(24-8-12)7-25-14-16(30)29(10(3)18(20,21)22)15-13(27-14)9(2)26-17(19)28-15/h5-6,8,23H,3-4,7H2,1-2H3,(H,25,27). The van der Waals surface area contributed by atoms with E-state index >= 15 is 0 Å². The summed E-state index contributed by atoms with van der Waals surface area (Å²) in [5.74, 6) is 0.320. The molecule has 164 valence electrons. The summed E-state index contributed by atoms with van der Waals surface area (Å²) in [5.41, 5.74) is -2.21. The van der Waals surface area contributed by atoms with Crippen LogP contribution in [0.2, 0.25) is 5.28 Å². The van der Waals surface area contributed by atoms with E-state index in [0.29, 0.717) is 16.0 Å². The summed E-state index contributed by atoms with van der Waals surface area (Å²) in [6.07, 6.45) is -3.32. The van der Waals surface area contributed by atoms with Crippen LogP contribution in [0, 0.1) is 11.7 Å². The van der Waals surface area contributed by atoms with Gasteiger partial charge in [-0.1, -0.05) is 24.2 Å². The maximum absolute atomic E-state index is 13.4. The lowest BCUT2D eigenvalue weighted by Gasteiger charge is -2.17. The number of nitrogens with one attached hydrogen (secondary N) is 2. The van der Waals surface area contributed by atoms with E-state index in [1.165, 1.54) is 6.92 Å². The molecule has 0 aliphatic heterocycles. The number of hydrogen-bond acceptors (Lipinski definition) is 7. The van der Waals surface area contributed by atoms with Crippen molar-refractivity contribution >= 4 is 45.0 Å². The monoisotopic (exact) mass is 471 g/mol. The van der Waals surface area contributed by atoms with E-state index < -0.39 is 28.1 Å². The summed E-state index contributed by atoms with van der Waals surface area (Å²) < 4.78 is 48.3. The second-order valence-electron chi connectivity index (χ2n) is 6.31. The third-order valence-corrected chi connectivity index (χ3v) is 5.82. The number of halogens is 4. The Kier molecular flexibility index (Phi) is 6.41. The molecule has 0 bridgehead atoms. The Morgan fingerprint density at radius 3 is 2.61 bits per heavy atom. The first kappa shape index (κ1) is 22.8. The van der Waals surface area contributed by atoms with E-state index in [1.54, 1.807) is 18.3 Å².